The molecule has 136 valence electrons. The molecule has 1 atom stereocenters. The molecule has 1 aromatic carbocycles. The second-order valence-electron chi connectivity index (χ2n) is 5.54. The smallest absolute Gasteiger partial charge is 0.219 e. The molecule has 0 aliphatic carbocycles. The lowest BCUT2D eigenvalue weighted by Gasteiger charge is -2.18. The van der Waals surface area contributed by atoms with Crippen LogP contribution in [0.5, 0.6) is 0 Å². The third-order valence-electron chi connectivity index (χ3n) is 3.58. The van der Waals surface area contributed by atoms with Crippen molar-refractivity contribution in [2.45, 2.75) is 18.7 Å². The maximum atomic E-state index is 13.8. The standard InChI is InChI=1S/C16H19F3N4O2/c17-7-8-21-10-16(19,25)6-5-14(24)13-9-22-23(15(13)20)12-3-1-11(18)2-4-12/h1-4,9,21,25H,5-8,10,20H2. The summed E-state index contributed by atoms with van der Waals surface area (Å²) >= 11 is 0. The van der Waals surface area contributed by atoms with Crippen LogP contribution in [0.1, 0.15) is 23.2 Å². The van der Waals surface area contributed by atoms with E-state index >= 15 is 0 Å². The van der Waals surface area contributed by atoms with Gasteiger partial charge >= 0.3 is 0 Å². The van der Waals surface area contributed by atoms with E-state index in [0.717, 1.165) is 0 Å². The van der Waals surface area contributed by atoms with Crippen LogP contribution in [0.2, 0.25) is 0 Å². The summed E-state index contributed by atoms with van der Waals surface area (Å²) in [4.78, 5) is 12.2. The van der Waals surface area contributed by atoms with E-state index in [-0.39, 0.29) is 24.3 Å². The van der Waals surface area contributed by atoms with Crippen LogP contribution in [0.4, 0.5) is 19.0 Å². The minimum absolute atomic E-state index is 0.0366. The van der Waals surface area contributed by atoms with Crippen LogP contribution in [0.15, 0.2) is 30.5 Å². The molecule has 1 unspecified atom stereocenters. The Balaban J connectivity index is 2.02. The summed E-state index contributed by atoms with van der Waals surface area (Å²) < 4.78 is 40.0. The first-order valence-corrected chi connectivity index (χ1v) is 7.64. The molecule has 0 fully saturated rings. The number of Topliss-reactive ketones (excluding diaryl/α,β-unsaturated/α-hetero) is 1. The van der Waals surface area contributed by atoms with Gasteiger partial charge in [0.25, 0.3) is 0 Å². The molecule has 0 aliphatic heterocycles. The molecule has 25 heavy (non-hydrogen) atoms. The maximum Gasteiger partial charge on any atom is 0.219 e. The molecule has 0 spiro atoms. The Morgan fingerprint density at radius 1 is 1.36 bits per heavy atom. The quantitative estimate of drug-likeness (QED) is 0.470. The van der Waals surface area contributed by atoms with Crippen LogP contribution < -0.4 is 11.1 Å². The number of halogens is 3. The molecular weight excluding hydrogens is 337 g/mol. The Labute approximate surface area is 142 Å². The van der Waals surface area contributed by atoms with Gasteiger partial charge < -0.3 is 16.2 Å². The van der Waals surface area contributed by atoms with Gasteiger partial charge in [-0.05, 0) is 24.3 Å². The van der Waals surface area contributed by atoms with Gasteiger partial charge in [0.1, 0.15) is 18.3 Å². The van der Waals surface area contributed by atoms with E-state index in [1.165, 1.54) is 35.1 Å². The Hall–Kier alpha value is -2.39. The number of benzene rings is 1. The number of aliphatic hydroxyl groups is 1. The number of anilines is 1. The van der Waals surface area contributed by atoms with Crippen molar-refractivity contribution in [3.8, 4) is 5.69 Å². The van der Waals surface area contributed by atoms with E-state index in [1.54, 1.807) is 0 Å². The first-order valence-electron chi connectivity index (χ1n) is 7.64. The Morgan fingerprint density at radius 3 is 2.68 bits per heavy atom. The largest absolute Gasteiger partial charge is 0.383 e. The van der Waals surface area contributed by atoms with Gasteiger partial charge in [0.15, 0.2) is 5.78 Å². The fraction of sp³-hybridized carbons (Fsp3) is 0.375. The van der Waals surface area contributed by atoms with Gasteiger partial charge in [0.05, 0.1) is 24.0 Å². The van der Waals surface area contributed by atoms with Gasteiger partial charge in [0, 0.05) is 19.4 Å². The minimum atomic E-state index is -2.63. The SMILES string of the molecule is Nc1c(C(=O)CCC(O)(F)CNCCF)cnn1-c1ccc(F)cc1. The van der Waals surface area contributed by atoms with E-state index in [2.05, 4.69) is 10.4 Å². The second-order valence-corrected chi connectivity index (χ2v) is 5.54. The molecule has 0 radical (unpaired) electrons. The fourth-order valence-corrected chi connectivity index (χ4v) is 2.24. The van der Waals surface area contributed by atoms with Crippen molar-refractivity contribution >= 4 is 11.6 Å². The highest BCUT2D eigenvalue weighted by atomic mass is 19.2. The van der Waals surface area contributed by atoms with Crippen molar-refractivity contribution < 1.29 is 23.1 Å². The molecule has 0 bridgehead atoms. The molecule has 2 rings (SSSR count). The molecule has 0 aliphatic rings. The molecule has 2 aromatic rings. The minimum Gasteiger partial charge on any atom is -0.383 e. The Bertz CT molecular complexity index is 717. The van der Waals surface area contributed by atoms with Crippen LogP contribution in [0, 0.1) is 5.82 Å². The third-order valence-corrected chi connectivity index (χ3v) is 3.58. The number of ketones is 1. The van der Waals surface area contributed by atoms with E-state index in [4.69, 9.17) is 5.73 Å². The summed E-state index contributed by atoms with van der Waals surface area (Å²) in [5.41, 5.74) is 6.44. The van der Waals surface area contributed by atoms with Crippen molar-refractivity contribution in [3.63, 3.8) is 0 Å². The predicted molar refractivity (Wildman–Crippen MR) is 86.4 cm³/mol. The fourth-order valence-electron chi connectivity index (χ4n) is 2.24. The van der Waals surface area contributed by atoms with Crippen LogP contribution in [0.25, 0.3) is 5.69 Å². The molecule has 0 amide bonds. The van der Waals surface area contributed by atoms with Gasteiger partial charge in [-0.15, -0.1) is 0 Å². The summed E-state index contributed by atoms with van der Waals surface area (Å²) in [6.45, 7) is -1.25. The zero-order valence-electron chi connectivity index (χ0n) is 13.4. The molecule has 9 heteroatoms. The molecule has 0 saturated carbocycles. The van der Waals surface area contributed by atoms with Crippen LogP contribution >= 0.6 is 0 Å². The molecule has 0 saturated heterocycles. The highest BCUT2D eigenvalue weighted by Crippen LogP contribution is 2.21. The topological polar surface area (TPSA) is 93.2 Å². The Kier molecular flexibility index (Phi) is 6.16. The van der Waals surface area contributed by atoms with E-state index < -0.39 is 37.1 Å². The number of carbonyl (C=O) groups is 1. The van der Waals surface area contributed by atoms with E-state index in [9.17, 15) is 23.1 Å². The lowest BCUT2D eigenvalue weighted by atomic mass is 10.1. The zero-order chi connectivity index (χ0) is 18.4. The molecule has 4 N–H and O–H groups in total. The highest BCUT2D eigenvalue weighted by molar-refractivity contribution is 6.00. The van der Waals surface area contributed by atoms with Crippen LogP contribution in [-0.4, -0.2) is 46.3 Å². The summed E-state index contributed by atoms with van der Waals surface area (Å²) in [6, 6.07) is 5.35. The highest BCUT2D eigenvalue weighted by Gasteiger charge is 2.27. The number of hydrogen-bond acceptors (Lipinski definition) is 5. The number of nitrogen functional groups attached to an aromatic ring is 1. The number of alkyl halides is 2. The normalized spacial score (nSPS) is 13.6. The number of nitrogens with two attached hydrogens (primary N) is 1. The van der Waals surface area contributed by atoms with Gasteiger partial charge in [-0.25, -0.2) is 17.9 Å². The van der Waals surface area contributed by atoms with Crippen molar-refractivity contribution in [1.82, 2.24) is 15.1 Å². The molecule has 6 nitrogen and oxygen atoms in total. The molecule has 1 aromatic heterocycles. The van der Waals surface area contributed by atoms with Crippen LogP contribution in [0.3, 0.4) is 0 Å². The van der Waals surface area contributed by atoms with Crippen molar-refractivity contribution in [2.24, 2.45) is 0 Å². The van der Waals surface area contributed by atoms with Crippen LogP contribution in [-0.2, 0) is 0 Å². The van der Waals surface area contributed by atoms with E-state index in [1.807, 2.05) is 0 Å². The average Bonchev–Trinajstić information content (AvgIpc) is 2.95. The molecular formula is C16H19F3N4O2. The summed E-state index contributed by atoms with van der Waals surface area (Å²) in [5.74, 6) is -3.51. The van der Waals surface area contributed by atoms with Crippen molar-refractivity contribution in [1.29, 1.82) is 0 Å². The molecule has 1 heterocycles. The third kappa shape index (κ3) is 5.04. The summed E-state index contributed by atoms with van der Waals surface area (Å²) in [7, 11) is 0. The van der Waals surface area contributed by atoms with Gasteiger partial charge in [-0.1, -0.05) is 0 Å². The second kappa shape index (κ2) is 8.13. The lowest BCUT2D eigenvalue weighted by Crippen LogP contribution is -2.37. The van der Waals surface area contributed by atoms with Gasteiger partial charge in [-0.2, -0.15) is 5.10 Å². The van der Waals surface area contributed by atoms with Crippen molar-refractivity contribution in [2.75, 3.05) is 25.5 Å². The lowest BCUT2D eigenvalue weighted by molar-refractivity contribution is -0.0908. The maximum absolute atomic E-state index is 13.8. The number of nitrogens with zero attached hydrogens (tertiary/aromatic N) is 2. The summed E-state index contributed by atoms with van der Waals surface area (Å²) in [6.07, 6.45) is 0.468. The zero-order valence-corrected chi connectivity index (χ0v) is 13.4. The first-order chi connectivity index (χ1) is 11.8. The number of hydrogen-bond donors (Lipinski definition) is 3. The number of carbonyl (C=O) groups excluding carboxylic acids is 1. The van der Waals surface area contributed by atoms with Crippen molar-refractivity contribution in [3.05, 3.63) is 41.8 Å². The average molecular weight is 356 g/mol. The first kappa shape index (κ1) is 18.9. The number of rotatable bonds is 9. The predicted octanol–water partition coefficient (Wildman–Crippen LogP) is 1.77. The van der Waals surface area contributed by atoms with Gasteiger partial charge in [0.2, 0.25) is 5.85 Å². The summed E-state index contributed by atoms with van der Waals surface area (Å²) in [5, 5.41) is 15.9. The number of aromatic nitrogens is 2. The number of nitrogens with one attached hydrogen (secondary N) is 1. The van der Waals surface area contributed by atoms with E-state index in [0.29, 0.717) is 5.69 Å². The Morgan fingerprint density at radius 2 is 2.04 bits per heavy atom. The van der Waals surface area contributed by atoms with Gasteiger partial charge in [-0.3, -0.25) is 4.79 Å². The monoisotopic (exact) mass is 356 g/mol.